The number of rotatable bonds is 5. The van der Waals surface area contributed by atoms with Crippen LogP contribution in [0.5, 0.6) is 0 Å². The van der Waals surface area contributed by atoms with Crippen molar-refractivity contribution in [3.63, 3.8) is 0 Å². The molecular formula is C23H23N5O. The first-order chi connectivity index (χ1) is 14.0. The summed E-state index contributed by atoms with van der Waals surface area (Å²) in [7, 11) is 4.06. The summed E-state index contributed by atoms with van der Waals surface area (Å²) in [5.74, 6) is -0.238. The first kappa shape index (κ1) is 18.8. The molecule has 0 saturated carbocycles. The summed E-state index contributed by atoms with van der Waals surface area (Å²) >= 11 is 0. The number of aryl methyl sites for hydroxylation is 1. The minimum atomic E-state index is -0.238. The van der Waals surface area contributed by atoms with Gasteiger partial charge in [-0.2, -0.15) is 5.10 Å². The van der Waals surface area contributed by atoms with Crippen molar-refractivity contribution in [3.05, 3.63) is 77.7 Å². The van der Waals surface area contributed by atoms with Crippen molar-refractivity contribution in [2.75, 3.05) is 19.4 Å². The zero-order valence-corrected chi connectivity index (χ0v) is 16.7. The van der Waals surface area contributed by atoms with Gasteiger partial charge in [-0.15, -0.1) is 0 Å². The number of pyridine rings is 1. The minimum absolute atomic E-state index is 0.238. The van der Waals surface area contributed by atoms with Crippen LogP contribution in [0.15, 0.2) is 60.9 Å². The normalized spacial score (nSPS) is 11.2. The van der Waals surface area contributed by atoms with Gasteiger partial charge < -0.3 is 10.2 Å². The SMILES string of the molecule is Cc1cccc(NC(=O)c2n[nH]c3ccc(-c4cncc(CN(C)C)c4)cc23)c1. The lowest BCUT2D eigenvalue weighted by molar-refractivity contribution is 0.102. The Kier molecular flexibility index (Phi) is 5.10. The molecule has 2 heterocycles. The van der Waals surface area contributed by atoms with E-state index in [2.05, 4.69) is 31.5 Å². The molecule has 1 amide bonds. The third-order valence-corrected chi connectivity index (χ3v) is 4.68. The quantitative estimate of drug-likeness (QED) is 0.539. The van der Waals surface area contributed by atoms with E-state index in [0.717, 1.165) is 45.4 Å². The van der Waals surface area contributed by atoms with Crippen molar-refractivity contribution < 1.29 is 4.79 Å². The molecule has 0 fully saturated rings. The molecule has 0 unspecified atom stereocenters. The van der Waals surface area contributed by atoms with Crippen molar-refractivity contribution in [1.82, 2.24) is 20.1 Å². The van der Waals surface area contributed by atoms with Gasteiger partial charge in [0.15, 0.2) is 5.69 Å². The highest BCUT2D eigenvalue weighted by atomic mass is 16.1. The summed E-state index contributed by atoms with van der Waals surface area (Å²) < 4.78 is 0. The average molecular weight is 385 g/mol. The number of carbonyl (C=O) groups excluding carboxylic acids is 1. The summed E-state index contributed by atoms with van der Waals surface area (Å²) in [4.78, 5) is 19.3. The molecule has 0 aliphatic rings. The monoisotopic (exact) mass is 385 g/mol. The van der Waals surface area contributed by atoms with Crippen LogP contribution < -0.4 is 5.32 Å². The molecule has 2 N–H and O–H groups in total. The Labute approximate surface area is 169 Å². The number of nitrogens with zero attached hydrogens (tertiary/aromatic N) is 3. The van der Waals surface area contributed by atoms with Gasteiger partial charge in [-0.25, -0.2) is 0 Å². The number of aromatic nitrogens is 3. The van der Waals surface area contributed by atoms with Crippen LogP contribution in [-0.2, 0) is 6.54 Å². The molecule has 0 bridgehead atoms. The number of hydrogen-bond donors (Lipinski definition) is 2. The van der Waals surface area contributed by atoms with Crippen LogP contribution in [0.1, 0.15) is 21.6 Å². The van der Waals surface area contributed by atoms with E-state index >= 15 is 0 Å². The van der Waals surface area contributed by atoms with E-state index in [1.165, 1.54) is 0 Å². The summed E-state index contributed by atoms with van der Waals surface area (Å²) in [5, 5.41) is 10.9. The zero-order chi connectivity index (χ0) is 20.4. The van der Waals surface area contributed by atoms with Crippen molar-refractivity contribution in [1.29, 1.82) is 0 Å². The number of fused-ring (bicyclic) bond motifs is 1. The molecule has 2 aromatic heterocycles. The highest BCUT2D eigenvalue weighted by molar-refractivity contribution is 6.11. The van der Waals surface area contributed by atoms with Gasteiger partial charge in [0.05, 0.1) is 5.52 Å². The van der Waals surface area contributed by atoms with Crippen LogP contribution in [0.3, 0.4) is 0 Å². The van der Waals surface area contributed by atoms with E-state index < -0.39 is 0 Å². The number of nitrogens with one attached hydrogen (secondary N) is 2. The predicted molar refractivity (Wildman–Crippen MR) is 116 cm³/mol. The Morgan fingerprint density at radius 1 is 1.07 bits per heavy atom. The van der Waals surface area contributed by atoms with E-state index in [-0.39, 0.29) is 5.91 Å². The third kappa shape index (κ3) is 4.17. The zero-order valence-electron chi connectivity index (χ0n) is 16.7. The minimum Gasteiger partial charge on any atom is -0.321 e. The van der Waals surface area contributed by atoms with Gasteiger partial charge >= 0.3 is 0 Å². The lowest BCUT2D eigenvalue weighted by Crippen LogP contribution is -2.12. The Balaban J connectivity index is 1.67. The molecule has 6 nitrogen and oxygen atoms in total. The summed E-state index contributed by atoms with van der Waals surface area (Å²) in [6.07, 6.45) is 3.72. The number of H-pyrrole nitrogens is 1. The van der Waals surface area contributed by atoms with Crippen LogP contribution >= 0.6 is 0 Å². The fourth-order valence-electron chi connectivity index (χ4n) is 3.38. The average Bonchev–Trinajstić information content (AvgIpc) is 3.11. The van der Waals surface area contributed by atoms with E-state index in [9.17, 15) is 4.79 Å². The topological polar surface area (TPSA) is 73.9 Å². The molecule has 0 radical (unpaired) electrons. The maximum atomic E-state index is 12.8. The number of amides is 1. The van der Waals surface area contributed by atoms with Crippen molar-refractivity contribution in [3.8, 4) is 11.1 Å². The maximum absolute atomic E-state index is 12.8. The van der Waals surface area contributed by atoms with Gasteiger partial charge in [-0.05, 0) is 68.0 Å². The molecule has 6 heteroatoms. The van der Waals surface area contributed by atoms with Gasteiger partial charge in [-0.3, -0.25) is 14.9 Å². The van der Waals surface area contributed by atoms with Gasteiger partial charge in [-0.1, -0.05) is 18.2 Å². The lowest BCUT2D eigenvalue weighted by Gasteiger charge is -2.10. The Morgan fingerprint density at radius 3 is 2.72 bits per heavy atom. The second-order valence-corrected chi connectivity index (χ2v) is 7.48. The molecule has 0 aliphatic heterocycles. The third-order valence-electron chi connectivity index (χ3n) is 4.68. The highest BCUT2D eigenvalue weighted by Gasteiger charge is 2.15. The number of carbonyl (C=O) groups is 1. The molecule has 0 atom stereocenters. The second-order valence-electron chi connectivity index (χ2n) is 7.48. The Bertz CT molecular complexity index is 1180. The largest absolute Gasteiger partial charge is 0.321 e. The fourth-order valence-corrected chi connectivity index (χ4v) is 3.38. The number of hydrogen-bond acceptors (Lipinski definition) is 4. The molecule has 146 valence electrons. The van der Waals surface area contributed by atoms with Crippen LogP contribution in [0.25, 0.3) is 22.0 Å². The highest BCUT2D eigenvalue weighted by Crippen LogP contribution is 2.26. The standard InChI is InChI=1S/C23H23N5O/c1-15-5-4-6-19(9-15)25-23(29)22-20-11-17(7-8-21(20)26-27-22)18-10-16(12-24-13-18)14-28(2)3/h4-13H,14H2,1-3H3,(H,25,29)(H,26,27). The maximum Gasteiger partial charge on any atom is 0.276 e. The molecule has 29 heavy (non-hydrogen) atoms. The first-order valence-electron chi connectivity index (χ1n) is 9.45. The summed E-state index contributed by atoms with van der Waals surface area (Å²) in [5.41, 5.74) is 6.18. The van der Waals surface area contributed by atoms with E-state index in [0.29, 0.717) is 5.69 Å². The van der Waals surface area contributed by atoms with Gasteiger partial charge in [0, 0.05) is 35.6 Å². The predicted octanol–water partition coefficient (Wildman–Crippen LogP) is 4.25. The van der Waals surface area contributed by atoms with E-state index in [4.69, 9.17) is 0 Å². The molecule has 4 rings (SSSR count). The van der Waals surface area contributed by atoms with Crippen LogP contribution in [0.2, 0.25) is 0 Å². The lowest BCUT2D eigenvalue weighted by atomic mass is 10.0. The van der Waals surface area contributed by atoms with Gasteiger partial charge in [0.2, 0.25) is 0 Å². The molecule has 2 aromatic carbocycles. The van der Waals surface area contributed by atoms with Crippen LogP contribution in [0.4, 0.5) is 5.69 Å². The van der Waals surface area contributed by atoms with Gasteiger partial charge in [0.25, 0.3) is 5.91 Å². The Hall–Kier alpha value is -3.51. The number of benzene rings is 2. The molecule has 4 aromatic rings. The van der Waals surface area contributed by atoms with Crippen molar-refractivity contribution >= 4 is 22.5 Å². The van der Waals surface area contributed by atoms with Crippen LogP contribution in [-0.4, -0.2) is 40.1 Å². The Morgan fingerprint density at radius 2 is 1.93 bits per heavy atom. The smallest absolute Gasteiger partial charge is 0.276 e. The van der Waals surface area contributed by atoms with Crippen LogP contribution in [0, 0.1) is 6.92 Å². The number of aromatic amines is 1. The summed E-state index contributed by atoms with van der Waals surface area (Å²) in [6, 6.07) is 15.8. The van der Waals surface area contributed by atoms with Crippen molar-refractivity contribution in [2.45, 2.75) is 13.5 Å². The van der Waals surface area contributed by atoms with Gasteiger partial charge in [0.1, 0.15) is 0 Å². The molecule has 0 spiro atoms. The molecule has 0 aliphatic carbocycles. The van der Waals surface area contributed by atoms with E-state index in [1.54, 1.807) is 0 Å². The number of anilines is 1. The van der Waals surface area contributed by atoms with E-state index in [1.807, 2.05) is 75.9 Å². The molecule has 0 saturated heterocycles. The molecular weight excluding hydrogens is 362 g/mol. The summed E-state index contributed by atoms with van der Waals surface area (Å²) in [6.45, 7) is 2.81. The second kappa shape index (κ2) is 7.85. The first-order valence-corrected chi connectivity index (χ1v) is 9.45. The van der Waals surface area contributed by atoms with Crippen molar-refractivity contribution in [2.24, 2.45) is 0 Å². The fraction of sp³-hybridized carbons (Fsp3) is 0.174.